The van der Waals surface area contributed by atoms with Gasteiger partial charge in [0.2, 0.25) is 0 Å². The highest BCUT2D eigenvalue weighted by molar-refractivity contribution is 5.71. The summed E-state index contributed by atoms with van der Waals surface area (Å²) in [6.45, 7) is 6.60. The van der Waals surface area contributed by atoms with Crippen molar-refractivity contribution in [2.45, 2.75) is 386 Å². The summed E-state index contributed by atoms with van der Waals surface area (Å²) < 4.78 is 17.0. The smallest absolute Gasteiger partial charge is 0.306 e. The summed E-state index contributed by atoms with van der Waals surface area (Å²) in [4.78, 5) is 38.4. The van der Waals surface area contributed by atoms with Crippen molar-refractivity contribution in [3.63, 3.8) is 0 Å². The molecule has 0 aliphatic heterocycles. The largest absolute Gasteiger partial charge is 0.462 e. The summed E-state index contributed by atoms with van der Waals surface area (Å²) in [7, 11) is 0. The van der Waals surface area contributed by atoms with E-state index in [9.17, 15) is 14.4 Å². The van der Waals surface area contributed by atoms with Crippen LogP contribution < -0.4 is 0 Å². The lowest BCUT2D eigenvalue weighted by Crippen LogP contribution is -2.30. The minimum absolute atomic E-state index is 0.0690. The molecule has 0 spiro atoms. The fraction of sp³-hybridized carbons (Fsp3) is 0.849. The highest BCUT2D eigenvalue weighted by Gasteiger charge is 2.19. The van der Waals surface area contributed by atoms with Crippen molar-refractivity contribution in [3.05, 3.63) is 48.6 Å². The predicted octanol–water partition coefficient (Wildman–Crippen LogP) is 24.1. The van der Waals surface area contributed by atoms with E-state index in [1.807, 2.05) is 0 Å². The van der Waals surface area contributed by atoms with Crippen LogP contribution >= 0.6 is 0 Å². The van der Waals surface area contributed by atoms with Crippen LogP contribution in [0.3, 0.4) is 0 Å². The highest BCUT2D eigenvalue weighted by Crippen LogP contribution is 2.19. The fourth-order valence-electron chi connectivity index (χ4n) is 10.6. The Hall–Kier alpha value is -2.63. The molecule has 6 heteroatoms. The zero-order valence-electron chi connectivity index (χ0n) is 53.2. The van der Waals surface area contributed by atoms with Gasteiger partial charge in [-0.3, -0.25) is 14.4 Å². The third-order valence-corrected chi connectivity index (χ3v) is 15.8. The molecular formula is C73H134O6. The Morgan fingerprint density at radius 3 is 0.772 bits per heavy atom. The van der Waals surface area contributed by atoms with Crippen LogP contribution in [0.15, 0.2) is 48.6 Å². The van der Waals surface area contributed by atoms with E-state index in [1.165, 1.54) is 257 Å². The van der Waals surface area contributed by atoms with Gasteiger partial charge in [-0.05, 0) is 57.8 Å². The zero-order chi connectivity index (χ0) is 57.1. The van der Waals surface area contributed by atoms with Crippen LogP contribution in [0.5, 0.6) is 0 Å². The summed E-state index contributed by atoms with van der Waals surface area (Å²) >= 11 is 0. The van der Waals surface area contributed by atoms with Crippen LogP contribution in [0.4, 0.5) is 0 Å². The van der Waals surface area contributed by atoms with Gasteiger partial charge in [-0.1, -0.05) is 352 Å². The van der Waals surface area contributed by atoms with Crippen LogP contribution in [0.2, 0.25) is 0 Å². The SMILES string of the molecule is CC/C=C\C/C=C\C/C=C\C/C=C\CCCCCCCCCCCCC(=O)OC(COC(=O)CCCCCCCCCCCCCCC)COC(=O)CCCCCCCCCCCCCCCCCCCCCCCCCCC. The van der Waals surface area contributed by atoms with E-state index in [2.05, 4.69) is 69.4 Å². The minimum Gasteiger partial charge on any atom is -0.462 e. The first kappa shape index (κ1) is 76.4. The molecular weight excluding hydrogens is 973 g/mol. The first-order valence-corrected chi connectivity index (χ1v) is 35.1. The van der Waals surface area contributed by atoms with Crippen molar-refractivity contribution in [2.24, 2.45) is 0 Å². The lowest BCUT2D eigenvalue weighted by atomic mass is 10.0. The Morgan fingerprint density at radius 2 is 0.494 bits per heavy atom. The van der Waals surface area contributed by atoms with Gasteiger partial charge < -0.3 is 14.2 Å². The van der Waals surface area contributed by atoms with Crippen LogP contribution in [0.1, 0.15) is 380 Å². The van der Waals surface area contributed by atoms with Gasteiger partial charge in [0.25, 0.3) is 0 Å². The van der Waals surface area contributed by atoms with Crippen LogP contribution in [0, 0.1) is 0 Å². The Morgan fingerprint density at radius 1 is 0.266 bits per heavy atom. The second-order valence-corrected chi connectivity index (χ2v) is 23.8. The molecule has 1 unspecified atom stereocenters. The standard InChI is InChI=1S/C73H134O6/c1-4-7-10-13-16-19-22-25-27-29-31-33-35-36-38-39-41-43-45-48-51-54-57-60-63-66-72(75)78-69-70(68-77-71(74)65-62-59-56-53-50-47-24-21-18-15-12-9-6-3)79-73(76)67-64-61-58-55-52-49-46-44-42-40-37-34-32-30-28-26-23-20-17-14-11-8-5-2/h8,11,17,20,26,28,32,34,70H,4-7,9-10,12-16,18-19,21-25,27,29-31,33,35-69H2,1-3H3/b11-8-,20-17-,28-26-,34-32-. The Balaban J connectivity index is 4.24. The predicted molar refractivity (Wildman–Crippen MR) is 344 cm³/mol. The van der Waals surface area contributed by atoms with Crippen LogP contribution in [0.25, 0.3) is 0 Å². The summed E-state index contributed by atoms with van der Waals surface area (Å²) in [6, 6.07) is 0. The quantitative estimate of drug-likeness (QED) is 0.0261. The molecule has 0 radical (unpaired) electrons. The van der Waals surface area contributed by atoms with Crippen molar-refractivity contribution in [1.29, 1.82) is 0 Å². The number of ether oxygens (including phenoxy) is 3. The zero-order valence-corrected chi connectivity index (χ0v) is 53.2. The van der Waals surface area contributed by atoms with E-state index in [0.29, 0.717) is 19.3 Å². The van der Waals surface area contributed by atoms with Gasteiger partial charge in [-0.15, -0.1) is 0 Å². The molecule has 0 amide bonds. The Bertz CT molecular complexity index is 1360. The molecule has 0 aromatic heterocycles. The van der Waals surface area contributed by atoms with Crippen molar-refractivity contribution >= 4 is 17.9 Å². The maximum absolute atomic E-state index is 12.9. The summed E-state index contributed by atoms with van der Waals surface area (Å²) in [5.74, 6) is -0.845. The van der Waals surface area contributed by atoms with E-state index in [0.717, 1.165) is 83.5 Å². The van der Waals surface area contributed by atoms with E-state index in [-0.39, 0.29) is 31.1 Å². The van der Waals surface area contributed by atoms with Gasteiger partial charge in [0, 0.05) is 19.3 Å². The van der Waals surface area contributed by atoms with Gasteiger partial charge >= 0.3 is 17.9 Å². The van der Waals surface area contributed by atoms with Gasteiger partial charge in [0.1, 0.15) is 13.2 Å². The Labute approximate surface area is 492 Å². The number of hydrogen-bond donors (Lipinski definition) is 0. The van der Waals surface area contributed by atoms with Gasteiger partial charge in [-0.2, -0.15) is 0 Å². The molecule has 462 valence electrons. The molecule has 0 saturated heterocycles. The topological polar surface area (TPSA) is 78.9 Å². The Kier molecular flexibility index (Phi) is 65.6. The average Bonchev–Trinajstić information content (AvgIpc) is 3.45. The molecule has 0 fully saturated rings. The van der Waals surface area contributed by atoms with Crippen molar-refractivity contribution in [2.75, 3.05) is 13.2 Å². The molecule has 0 aromatic carbocycles. The van der Waals surface area contributed by atoms with Crippen LogP contribution in [-0.2, 0) is 28.6 Å². The van der Waals surface area contributed by atoms with Gasteiger partial charge in [0.15, 0.2) is 6.10 Å². The van der Waals surface area contributed by atoms with Crippen molar-refractivity contribution < 1.29 is 28.6 Å². The van der Waals surface area contributed by atoms with Crippen molar-refractivity contribution in [3.8, 4) is 0 Å². The number of unbranched alkanes of at least 4 members (excludes halogenated alkanes) is 46. The number of carbonyl (C=O) groups excluding carboxylic acids is 3. The molecule has 79 heavy (non-hydrogen) atoms. The molecule has 0 rings (SSSR count). The molecule has 1 atom stereocenters. The molecule has 0 aliphatic rings. The number of allylic oxidation sites excluding steroid dienone is 8. The maximum Gasteiger partial charge on any atom is 0.306 e. The molecule has 0 aromatic rings. The molecule has 0 heterocycles. The lowest BCUT2D eigenvalue weighted by Gasteiger charge is -2.18. The van der Waals surface area contributed by atoms with Gasteiger partial charge in [-0.25, -0.2) is 0 Å². The maximum atomic E-state index is 12.9. The number of hydrogen-bond acceptors (Lipinski definition) is 6. The van der Waals surface area contributed by atoms with E-state index in [4.69, 9.17) is 14.2 Å². The molecule has 0 saturated carbocycles. The second kappa shape index (κ2) is 67.9. The molecule has 6 nitrogen and oxygen atoms in total. The van der Waals surface area contributed by atoms with E-state index in [1.54, 1.807) is 0 Å². The summed E-state index contributed by atoms with van der Waals surface area (Å²) in [5.41, 5.74) is 0. The van der Waals surface area contributed by atoms with E-state index < -0.39 is 6.10 Å². The third kappa shape index (κ3) is 66.1. The number of rotatable bonds is 65. The lowest BCUT2D eigenvalue weighted by molar-refractivity contribution is -0.167. The first-order valence-electron chi connectivity index (χ1n) is 35.1. The second-order valence-electron chi connectivity index (χ2n) is 23.8. The highest BCUT2D eigenvalue weighted by atomic mass is 16.6. The minimum atomic E-state index is -0.773. The molecule has 0 N–H and O–H groups in total. The molecule has 0 aliphatic carbocycles. The average molecular weight is 1110 g/mol. The molecule has 0 bridgehead atoms. The summed E-state index contributed by atoms with van der Waals surface area (Å²) in [5, 5.41) is 0. The van der Waals surface area contributed by atoms with Gasteiger partial charge in [0.05, 0.1) is 0 Å². The summed E-state index contributed by atoms with van der Waals surface area (Å²) in [6.07, 6.45) is 85.7. The van der Waals surface area contributed by atoms with E-state index >= 15 is 0 Å². The first-order chi connectivity index (χ1) is 39.0. The van der Waals surface area contributed by atoms with Crippen molar-refractivity contribution in [1.82, 2.24) is 0 Å². The number of esters is 3. The number of carbonyl (C=O) groups is 3. The van der Waals surface area contributed by atoms with Crippen LogP contribution in [-0.4, -0.2) is 37.2 Å². The fourth-order valence-corrected chi connectivity index (χ4v) is 10.6. The monoisotopic (exact) mass is 1110 g/mol. The third-order valence-electron chi connectivity index (χ3n) is 15.8. The normalized spacial score (nSPS) is 12.3.